The van der Waals surface area contributed by atoms with Gasteiger partial charge in [-0.15, -0.1) is 24.0 Å². The summed E-state index contributed by atoms with van der Waals surface area (Å²) in [6.45, 7) is 6.95. The van der Waals surface area contributed by atoms with Gasteiger partial charge in [-0.25, -0.2) is 0 Å². The van der Waals surface area contributed by atoms with Crippen LogP contribution in [-0.4, -0.2) is 51.5 Å². The van der Waals surface area contributed by atoms with E-state index in [1.165, 1.54) is 12.0 Å². The van der Waals surface area contributed by atoms with Crippen LogP contribution in [-0.2, 0) is 15.9 Å². The highest BCUT2D eigenvalue weighted by atomic mass is 127. The average molecular weight is 461 g/mol. The topological polar surface area (TPSA) is 54.9 Å². The molecule has 0 spiro atoms. The second-order valence-corrected chi connectivity index (χ2v) is 5.99. The van der Waals surface area contributed by atoms with E-state index in [1.54, 1.807) is 0 Å². The van der Waals surface area contributed by atoms with Crippen molar-refractivity contribution in [3.05, 3.63) is 35.9 Å². The van der Waals surface area contributed by atoms with Crippen molar-refractivity contribution in [3.8, 4) is 0 Å². The zero-order valence-corrected chi connectivity index (χ0v) is 17.5. The van der Waals surface area contributed by atoms with E-state index in [2.05, 4.69) is 46.8 Å². The fourth-order valence-corrected chi connectivity index (χ4v) is 2.66. The first kappa shape index (κ1) is 22.2. The highest BCUT2D eigenvalue weighted by Crippen LogP contribution is 2.11. The molecule has 0 amide bonds. The Bertz CT molecular complexity index is 465. The lowest BCUT2D eigenvalue weighted by molar-refractivity contribution is 0.0171. The summed E-state index contributed by atoms with van der Waals surface area (Å²) < 4.78 is 11.2. The van der Waals surface area contributed by atoms with E-state index in [-0.39, 0.29) is 24.0 Å². The Labute approximate surface area is 169 Å². The van der Waals surface area contributed by atoms with E-state index >= 15 is 0 Å². The minimum atomic E-state index is 0. The van der Waals surface area contributed by atoms with Crippen LogP contribution >= 0.6 is 24.0 Å². The summed E-state index contributed by atoms with van der Waals surface area (Å²) in [7, 11) is 0. The van der Waals surface area contributed by atoms with Gasteiger partial charge in [-0.05, 0) is 38.2 Å². The number of hydrogen-bond acceptors (Lipinski definition) is 3. The molecule has 1 saturated heterocycles. The molecule has 0 aliphatic carbocycles. The summed E-state index contributed by atoms with van der Waals surface area (Å²) >= 11 is 0. The van der Waals surface area contributed by atoms with Crippen molar-refractivity contribution >= 4 is 29.9 Å². The molecule has 6 heteroatoms. The van der Waals surface area contributed by atoms with Crippen LogP contribution in [0.4, 0.5) is 0 Å². The highest BCUT2D eigenvalue weighted by Gasteiger charge is 2.14. The quantitative estimate of drug-likeness (QED) is 0.244. The Kier molecular flexibility index (Phi) is 12.7. The molecule has 1 aromatic carbocycles. The number of hydrogen-bond donors (Lipinski definition) is 2. The number of halogens is 1. The van der Waals surface area contributed by atoms with Crippen molar-refractivity contribution in [1.82, 2.24) is 10.6 Å². The minimum Gasteiger partial charge on any atom is -0.379 e. The molecule has 0 aromatic heterocycles. The van der Waals surface area contributed by atoms with Gasteiger partial charge in [0, 0.05) is 32.8 Å². The van der Waals surface area contributed by atoms with Gasteiger partial charge in [-0.3, -0.25) is 4.99 Å². The Morgan fingerprint density at radius 3 is 2.84 bits per heavy atom. The summed E-state index contributed by atoms with van der Waals surface area (Å²) in [5.74, 6) is 0.882. The third-order valence-electron chi connectivity index (χ3n) is 3.94. The standard InChI is InChI=1S/C19H31N3O2.HI/c1-2-20-19(22-13-11-17-8-4-3-5-9-17)21-12-7-14-23-16-18-10-6-15-24-18;/h3-5,8-9,18H,2,6-7,10-16H2,1H3,(H2,20,21,22);1H. The normalized spacial score (nSPS) is 17.2. The third kappa shape index (κ3) is 10.0. The molecule has 1 aliphatic rings. The van der Waals surface area contributed by atoms with Crippen molar-refractivity contribution in [1.29, 1.82) is 0 Å². The van der Waals surface area contributed by atoms with Gasteiger partial charge in [0.1, 0.15) is 0 Å². The van der Waals surface area contributed by atoms with Crippen LogP contribution in [0.3, 0.4) is 0 Å². The molecule has 1 aromatic rings. The molecule has 1 fully saturated rings. The van der Waals surface area contributed by atoms with Gasteiger partial charge in [-0.1, -0.05) is 30.3 Å². The fourth-order valence-electron chi connectivity index (χ4n) is 2.66. The molecule has 0 radical (unpaired) electrons. The smallest absolute Gasteiger partial charge is 0.191 e. The van der Waals surface area contributed by atoms with Gasteiger partial charge in [0.05, 0.1) is 12.7 Å². The molecule has 0 saturated carbocycles. The largest absolute Gasteiger partial charge is 0.379 e. The number of benzene rings is 1. The molecule has 25 heavy (non-hydrogen) atoms. The van der Waals surface area contributed by atoms with Gasteiger partial charge in [-0.2, -0.15) is 0 Å². The van der Waals surface area contributed by atoms with Crippen LogP contribution in [0.15, 0.2) is 35.3 Å². The minimum absolute atomic E-state index is 0. The molecule has 1 aliphatic heterocycles. The Morgan fingerprint density at radius 1 is 1.28 bits per heavy atom. The number of nitrogens with one attached hydrogen (secondary N) is 2. The van der Waals surface area contributed by atoms with E-state index in [1.807, 2.05) is 6.07 Å². The Morgan fingerprint density at radius 2 is 2.12 bits per heavy atom. The van der Waals surface area contributed by atoms with E-state index in [9.17, 15) is 0 Å². The average Bonchev–Trinajstić information content (AvgIpc) is 3.12. The van der Waals surface area contributed by atoms with Gasteiger partial charge in [0.15, 0.2) is 5.96 Å². The van der Waals surface area contributed by atoms with E-state index in [0.717, 1.165) is 64.7 Å². The SMILES string of the molecule is CCNC(=NCCCOCC1CCCO1)NCCc1ccccc1.I. The molecule has 1 heterocycles. The molecule has 2 rings (SSSR count). The molecule has 142 valence electrons. The fraction of sp³-hybridized carbons (Fsp3) is 0.632. The van der Waals surface area contributed by atoms with Gasteiger partial charge >= 0.3 is 0 Å². The van der Waals surface area contributed by atoms with Gasteiger partial charge in [0.2, 0.25) is 0 Å². The van der Waals surface area contributed by atoms with Crippen molar-refractivity contribution in [3.63, 3.8) is 0 Å². The number of rotatable bonds is 10. The van der Waals surface area contributed by atoms with Crippen LogP contribution in [0.1, 0.15) is 31.7 Å². The van der Waals surface area contributed by atoms with Crippen LogP contribution < -0.4 is 10.6 Å². The third-order valence-corrected chi connectivity index (χ3v) is 3.94. The Balaban J connectivity index is 0.00000312. The van der Waals surface area contributed by atoms with E-state index in [0.29, 0.717) is 6.10 Å². The summed E-state index contributed by atoms with van der Waals surface area (Å²) in [5.41, 5.74) is 1.34. The molecule has 0 bridgehead atoms. The zero-order chi connectivity index (χ0) is 16.9. The van der Waals surface area contributed by atoms with Crippen molar-refractivity contribution in [2.24, 2.45) is 4.99 Å². The second kappa shape index (κ2) is 14.3. The molecule has 2 N–H and O–H groups in total. The highest BCUT2D eigenvalue weighted by molar-refractivity contribution is 14.0. The van der Waals surface area contributed by atoms with Crippen molar-refractivity contribution in [2.75, 3.05) is 39.5 Å². The monoisotopic (exact) mass is 461 g/mol. The number of aliphatic imine (C=N–C) groups is 1. The van der Waals surface area contributed by atoms with Crippen LogP contribution in [0, 0.1) is 0 Å². The lowest BCUT2D eigenvalue weighted by Crippen LogP contribution is -2.38. The first-order chi connectivity index (χ1) is 11.9. The van der Waals surface area contributed by atoms with Gasteiger partial charge < -0.3 is 20.1 Å². The number of nitrogens with zero attached hydrogens (tertiary/aromatic N) is 1. The molecular weight excluding hydrogens is 429 g/mol. The van der Waals surface area contributed by atoms with E-state index in [4.69, 9.17) is 9.47 Å². The maximum Gasteiger partial charge on any atom is 0.191 e. The predicted molar refractivity (Wildman–Crippen MR) is 114 cm³/mol. The Hall–Kier alpha value is -0.860. The molecular formula is C19H32IN3O2. The maximum atomic E-state index is 5.66. The number of ether oxygens (including phenoxy) is 2. The lowest BCUT2D eigenvalue weighted by Gasteiger charge is -2.12. The maximum absolute atomic E-state index is 5.66. The zero-order valence-electron chi connectivity index (χ0n) is 15.2. The van der Waals surface area contributed by atoms with E-state index < -0.39 is 0 Å². The van der Waals surface area contributed by atoms with Crippen LogP contribution in [0.5, 0.6) is 0 Å². The van der Waals surface area contributed by atoms with Crippen molar-refractivity contribution in [2.45, 2.75) is 38.7 Å². The van der Waals surface area contributed by atoms with Crippen LogP contribution in [0.25, 0.3) is 0 Å². The molecule has 1 atom stereocenters. The summed E-state index contributed by atoms with van der Waals surface area (Å²) in [4.78, 5) is 4.60. The summed E-state index contributed by atoms with van der Waals surface area (Å²) in [6.07, 6.45) is 4.54. The summed E-state index contributed by atoms with van der Waals surface area (Å²) in [5, 5.41) is 6.67. The summed E-state index contributed by atoms with van der Waals surface area (Å²) in [6, 6.07) is 10.5. The number of guanidine groups is 1. The second-order valence-electron chi connectivity index (χ2n) is 5.99. The van der Waals surface area contributed by atoms with Crippen LogP contribution in [0.2, 0.25) is 0 Å². The van der Waals surface area contributed by atoms with Crippen molar-refractivity contribution < 1.29 is 9.47 Å². The van der Waals surface area contributed by atoms with Gasteiger partial charge in [0.25, 0.3) is 0 Å². The predicted octanol–water partition coefficient (Wildman–Crippen LogP) is 2.99. The lowest BCUT2D eigenvalue weighted by atomic mass is 10.1. The first-order valence-electron chi connectivity index (χ1n) is 9.14. The molecule has 1 unspecified atom stereocenters. The molecule has 5 nitrogen and oxygen atoms in total. The first-order valence-corrected chi connectivity index (χ1v) is 9.14.